The van der Waals surface area contributed by atoms with Gasteiger partial charge in [0.15, 0.2) is 11.6 Å². The highest BCUT2D eigenvalue weighted by Crippen LogP contribution is 2.25. The van der Waals surface area contributed by atoms with Gasteiger partial charge in [0, 0.05) is 17.0 Å². The van der Waals surface area contributed by atoms with Crippen LogP contribution in [0.2, 0.25) is 0 Å². The van der Waals surface area contributed by atoms with Crippen LogP contribution in [0, 0.1) is 19.7 Å². The number of aryl methyl sites for hydroxylation is 2. The number of hydrogen-bond donors (Lipinski definition) is 1. The molecule has 2 rings (SSSR count). The molecule has 21 heavy (non-hydrogen) atoms. The molecule has 1 N–H and O–H groups in total. The summed E-state index contributed by atoms with van der Waals surface area (Å²) in [4.78, 5) is 5.59. The lowest BCUT2D eigenvalue weighted by molar-refractivity contribution is 0.285. The molecule has 0 aliphatic rings. The Hall–Kier alpha value is -1.46. The zero-order chi connectivity index (χ0) is 15.2. The van der Waals surface area contributed by atoms with Gasteiger partial charge in [0.2, 0.25) is 0 Å². The van der Waals surface area contributed by atoms with E-state index in [0.717, 1.165) is 29.2 Å². The number of nitrogens with one attached hydrogen (secondary N) is 1. The Morgan fingerprint density at radius 2 is 2.14 bits per heavy atom. The predicted octanol–water partition coefficient (Wildman–Crippen LogP) is 3.98. The predicted molar refractivity (Wildman–Crippen MR) is 84.3 cm³/mol. The largest absolute Gasteiger partial charge is 0.483 e. The Kier molecular flexibility index (Phi) is 5.70. The SMILES string of the molecule is CCCNCc1cccc(F)c1OCc1nc(C)c(C)s1. The first kappa shape index (κ1) is 15.9. The second-order valence-electron chi connectivity index (χ2n) is 4.94. The van der Waals surface area contributed by atoms with E-state index in [1.54, 1.807) is 17.4 Å². The van der Waals surface area contributed by atoms with E-state index in [2.05, 4.69) is 17.2 Å². The van der Waals surface area contributed by atoms with Crippen molar-refractivity contribution in [1.29, 1.82) is 0 Å². The van der Waals surface area contributed by atoms with E-state index in [0.29, 0.717) is 18.9 Å². The van der Waals surface area contributed by atoms with Crippen molar-refractivity contribution >= 4 is 11.3 Å². The van der Waals surface area contributed by atoms with Crippen LogP contribution in [0.5, 0.6) is 5.75 Å². The maximum Gasteiger partial charge on any atom is 0.165 e. The summed E-state index contributed by atoms with van der Waals surface area (Å²) in [6.07, 6.45) is 1.04. The molecule has 0 fully saturated rings. The van der Waals surface area contributed by atoms with Crippen molar-refractivity contribution in [1.82, 2.24) is 10.3 Å². The molecule has 1 aromatic heterocycles. The first-order valence-corrected chi connectivity index (χ1v) is 7.97. The fourth-order valence-corrected chi connectivity index (χ4v) is 2.84. The lowest BCUT2D eigenvalue weighted by atomic mass is 10.2. The molecule has 1 heterocycles. The van der Waals surface area contributed by atoms with Crippen molar-refractivity contribution in [2.24, 2.45) is 0 Å². The summed E-state index contributed by atoms with van der Waals surface area (Å²) >= 11 is 1.59. The molecule has 5 heteroatoms. The summed E-state index contributed by atoms with van der Waals surface area (Å²) in [6, 6.07) is 5.03. The molecule has 0 atom stereocenters. The molecule has 0 amide bonds. The highest BCUT2D eigenvalue weighted by Gasteiger charge is 2.11. The van der Waals surface area contributed by atoms with E-state index in [9.17, 15) is 4.39 Å². The average molecular weight is 308 g/mol. The van der Waals surface area contributed by atoms with Crippen molar-refractivity contribution in [3.8, 4) is 5.75 Å². The number of halogens is 1. The number of ether oxygens (including phenoxy) is 1. The molecule has 0 unspecified atom stereocenters. The second kappa shape index (κ2) is 7.52. The number of benzene rings is 1. The van der Waals surface area contributed by atoms with E-state index in [1.807, 2.05) is 19.9 Å². The van der Waals surface area contributed by atoms with Gasteiger partial charge in [-0.05, 0) is 32.9 Å². The van der Waals surface area contributed by atoms with Crippen molar-refractivity contribution in [3.63, 3.8) is 0 Å². The number of para-hydroxylation sites is 1. The van der Waals surface area contributed by atoms with Crippen LogP contribution >= 0.6 is 11.3 Å². The number of nitrogens with zero attached hydrogens (tertiary/aromatic N) is 1. The fraction of sp³-hybridized carbons (Fsp3) is 0.438. The summed E-state index contributed by atoms with van der Waals surface area (Å²) in [7, 11) is 0. The fourth-order valence-electron chi connectivity index (χ4n) is 1.99. The Labute approximate surface area is 129 Å². The molecule has 0 aliphatic heterocycles. The van der Waals surface area contributed by atoms with E-state index >= 15 is 0 Å². The Balaban J connectivity index is 2.07. The molecule has 114 valence electrons. The first-order valence-electron chi connectivity index (χ1n) is 7.15. The second-order valence-corrected chi connectivity index (χ2v) is 6.23. The minimum atomic E-state index is -0.323. The number of thiazole rings is 1. The first-order chi connectivity index (χ1) is 10.1. The molecular formula is C16H21FN2OS. The number of aromatic nitrogens is 1. The molecule has 0 saturated carbocycles. The molecular weight excluding hydrogens is 287 g/mol. The van der Waals surface area contributed by atoms with Crippen LogP contribution in [0.25, 0.3) is 0 Å². The van der Waals surface area contributed by atoms with Crippen molar-refractivity contribution in [3.05, 3.63) is 45.2 Å². The van der Waals surface area contributed by atoms with E-state index in [1.165, 1.54) is 10.9 Å². The van der Waals surface area contributed by atoms with Crippen LogP contribution < -0.4 is 10.1 Å². The molecule has 0 saturated heterocycles. The highest BCUT2D eigenvalue weighted by molar-refractivity contribution is 7.11. The summed E-state index contributed by atoms with van der Waals surface area (Å²) in [5.41, 5.74) is 1.85. The van der Waals surface area contributed by atoms with Crippen molar-refractivity contribution in [2.75, 3.05) is 6.54 Å². The van der Waals surface area contributed by atoms with E-state index < -0.39 is 0 Å². The van der Waals surface area contributed by atoms with Gasteiger partial charge in [-0.25, -0.2) is 9.37 Å². The Bertz CT molecular complexity index is 578. The van der Waals surface area contributed by atoms with Crippen LogP contribution in [0.3, 0.4) is 0 Å². The van der Waals surface area contributed by atoms with Gasteiger partial charge in [-0.1, -0.05) is 19.1 Å². The monoisotopic (exact) mass is 308 g/mol. The minimum absolute atomic E-state index is 0.307. The van der Waals surface area contributed by atoms with Gasteiger partial charge in [0.25, 0.3) is 0 Å². The number of hydrogen-bond acceptors (Lipinski definition) is 4. The van der Waals surface area contributed by atoms with Gasteiger partial charge in [-0.3, -0.25) is 0 Å². The zero-order valence-electron chi connectivity index (χ0n) is 12.7. The number of rotatable bonds is 7. The van der Waals surface area contributed by atoms with Gasteiger partial charge in [-0.2, -0.15) is 0 Å². The highest BCUT2D eigenvalue weighted by atomic mass is 32.1. The topological polar surface area (TPSA) is 34.1 Å². The van der Waals surface area contributed by atoms with Crippen molar-refractivity contribution in [2.45, 2.75) is 40.3 Å². The van der Waals surface area contributed by atoms with Gasteiger partial charge in [0.05, 0.1) is 5.69 Å². The standard InChI is InChI=1S/C16H21FN2OS/c1-4-8-18-9-13-6-5-7-14(17)16(13)20-10-15-19-11(2)12(3)21-15/h5-7,18H,4,8-10H2,1-3H3. The molecule has 0 bridgehead atoms. The molecule has 2 aromatic rings. The molecule has 3 nitrogen and oxygen atoms in total. The van der Waals surface area contributed by atoms with Crippen LogP contribution in [0.4, 0.5) is 4.39 Å². The van der Waals surface area contributed by atoms with Gasteiger partial charge < -0.3 is 10.1 Å². The third-order valence-corrected chi connectivity index (χ3v) is 4.25. The molecule has 0 spiro atoms. The van der Waals surface area contributed by atoms with Crippen LogP contribution in [0.1, 0.15) is 34.5 Å². The Morgan fingerprint density at radius 1 is 1.33 bits per heavy atom. The van der Waals surface area contributed by atoms with E-state index in [-0.39, 0.29) is 5.82 Å². The Morgan fingerprint density at radius 3 is 2.81 bits per heavy atom. The maximum atomic E-state index is 14.0. The van der Waals surface area contributed by atoms with E-state index in [4.69, 9.17) is 4.74 Å². The maximum absolute atomic E-state index is 14.0. The zero-order valence-corrected chi connectivity index (χ0v) is 13.5. The average Bonchev–Trinajstić information content (AvgIpc) is 2.77. The molecule has 0 radical (unpaired) electrons. The summed E-state index contributed by atoms with van der Waals surface area (Å²) in [6.45, 7) is 7.92. The lowest BCUT2D eigenvalue weighted by Gasteiger charge is -2.12. The minimum Gasteiger partial charge on any atom is -0.483 e. The van der Waals surface area contributed by atoms with Crippen LogP contribution in [0.15, 0.2) is 18.2 Å². The third kappa shape index (κ3) is 4.25. The van der Waals surface area contributed by atoms with Gasteiger partial charge in [0.1, 0.15) is 11.6 Å². The van der Waals surface area contributed by atoms with Crippen molar-refractivity contribution < 1.29 is 9.13 Å². The normalized spacial score (nSPS) is 10.9. The summed E-state index contributed by atoms with van der Waals surface area (Å²) < 4.78 is 19.7. The van der Waals surface area contributed by atoms with Crippen LogP contribution in [-0.4, -0.2) is 11.5 Å². The summed E-state index contributed by atoms with van der Waals surface area (Å²) in [5.74, 6) is 0.00223. The van der Waals surface area contributed by atoms with Crippen LogP contribution in [-0.2, 0) is 13.2 Å². The quantitative estimate of drug-likeness (QED) is 0.786. The third-order valence-electron chi connectivity index (χ3n) is 3.20. The van der Waals surface area contributed by atoms with Gasteiger partial charge >= 0.3 is 0 Å². The smallest absolute Gasteiger partial charge is 0.165 e. The molecule has 0 aliphatic carbocycles. The lowest BCUT2D eigenvalue weighted by Crippen LogP contribution is -2.15. The van der Waals surface area contributed by atoms with Gasteiger partial charge in [-0.15, -0.1) is 11.3 Å². The molecule has 1 aromatic carbocycles. The summed E-state index contributed by atoms with van der Waals surface area (Å²) in [5, 5.41) is 4.15.